The topological polar surface area (TPSA) is 9.23 Å². The van der Waals surface area contributed by atoms with Gasteiger partial charge in [0.2, 0.25) is 0 Å². The van der Waals surface area contributed by atoms with Gasteiger partial charge in [-0.05, 0) is 61.6 Å². The molecule has 2 aliphatic carbocycles. The molecule has 1 aromatic rings. The molecule has 1 nitrogen and oxygen atoms in total. The fraction of sp³-hybridized carbons (Fsp3) is 0.647. The first-order valence-corrected chi connectivity index (χ1v) is 9.24. The van der Waals surface area contributed by atoms with Gasteiger partial charge < -0.3 is 4.74 Å². The standard InChI is InChI=1S/C17H22Br2O/c1-9-8-13(18)10(2)14(17(9)20-3)16(19)15-11-6-4-5-7-12(11)15/h8,11-12,15-16H,4-7H2,1-3H3. The van der Waals surface area contributed by atoms with Gasteiger partial charge in [-0.15, -0.1) is 0 Å². The minimum absolute atomic E-state index is 0.432. The maximum atomic E-state index is 5.71. The summed E-state index contributed by atoms with van der Waals surface area (Å²) in [6.07, 6.45) is 5.69. The van der Waals surface area contributed by atoms with Crippen LogP contribution in [0, 0.1) is 31.6 Å². The fourth-order valence-corrected chi connectivity index (χ4v) is 6.04. The van der Waals surface area contributed by atoms with Crippen LogP contribution in [-0.2, 0) is 0 Å². The van der Waals surface area contributed by atoms with Crippen LogP contribution in [0.15, 0.2) is 10.5 Å². The number of aryl methyl sites for hydroxylation is 1. The lowest BCUT2D eigenvalue weighted by Crippen LogP contribution is -2.04. The van der Waals surface area contributed by atoms with E-state index in [4.69, 9.17) is 4.74 Å². The predicted molar refractivity (Wildman–Crippen MR) is 90.8 cm³/mol. The maximum Gasteiger partial charge on any atom is 0.126 e. The van der Waals surface area contributed by atoms with Crippen LogP contribution in [0.4, 0.5) is 0 Å². The molecule has 20 heavy (non-hydrogen) atoms. The first kappa shape index (κ1) is 14.9. The monoisotopic (exact) mass is 400 g/mol. The Bertz CT molecular complexity index is 514. The van der Waals surface area contributed by atoms with Gasteiger partial charge in [0, 0.05) is 14.9 Å². The zero-order valence-electron chi connectivity index (χ0n) is 12.4. The SMILES string of the molecule is COc1c(C)cc(Br)c(C)c1C(Br)C1C2CCCCC21. The highest BCUT2D eigenvalue weighted by atomic mass is 79.9. The van der Waals surface area contributed by atoms with E-state index in [9.17, 15) is 0 Å². The van der Waals surface area contributed by atoms with Gasteiger partial charge in [-0.2, -0.15) is 0 Å². The van der Waals surface area contributed by atoms with Crippen molar-refractivity contribution < 1.29 is 4.74 Å². The van der Waals surface area contributed by atoms with E-state index < -0.39 is 0 Å². The van der Waals surface area contributed by atoms with E-state index in [1.165, 1.54) is 46.8 Å². The van der Waals surface area contributed by atoms with E-state index in [-0.39, 0.29) is 0 Å². The van der Waals surface area contributed by atoms with Crippen molar-refractivity contribution in [2.75, 3.05) is 7.11 Å². The van der Waals surface area contributed by atoms with Crippen molar-refractivity contribution in [3.8, 4) is 5.75 Å². The highest BCUT2D eigenvalue weighted by Crippen LogP contribution is 2.64. The van der Waals surface area contributed by atoms with Gasteiger partial charge in [0.1, 0.15) is 5.75 Å². The fourth-order valence-electron chi connectivity index (χ4n) is 4.15. The molecule has 0 amide bonds. The van der Waals surface area contributed by atoms with Crippen molar-refractivity contribution >= 4 is 31.9 Å². The molecule has 3 rings (SSSR count). The van der Waals surface area contributed by atoms with Crippen molar-refractivity contribution in [2.24, 2.45) is 17.8 Å². The molecule has 0 heterocycles. The minimum Gasteiger partial charge on any atom is -0.496 e. The molecule has 3 heteroatoms. The van der Waals surface area contributed by atoms with E-state index in [1.807, 2.05) is 0 Å². The summed E-state index contributed by atoms with van der Waals surface area (Å²) in [6, 6.07) is 2.16. The Morgan fingerprint density at radius 1 is 1.20 bits per heavy atom. The molecular formula is C17H22Br2O. The van der Waals surface area contributed by atoms with Crippen LogP contribution in [-0.4, -0.2) is 7.11 Å². The molecule has 0 bridgehead atoms. The summed E-state index contributed by atoms with van der Waals surface area (Å²) in [6.45, 7) is 4.33. The summed E-state index contributed by atoms with van der Waals surface area (Å²) in [4.78, 5) is 0.432. The van der Waals surface area contributed by atoms with Gasteiger partial charge in [-0.1, -0.05) is 44.7 Å². The van der Waals surface area contributed by atoms with E-state index in [0.29, 0.717) is 4.83 Å². The Kier molecular flexibility index (Phi) is 4.20. The highest BCUT2D eigenvalue weighted by Gasteiger charge is 2.54. The van der Waals surface area contributed by atoms with Crippen LogP contribution in [0.5, 0.6) is 5.75 Å². The molecular weight excluding hydrogens is 380 g/mol. The Morgan fingerprint density at radius 2 is 1.80 bits per heavy atom. The van der Waals surface area contributed by atoms with E-state index in [2.05, 4.69) is 51.8 Å². The smallest absolute Gasteiger partial charge is 0.126 e. The van der Waals surface area contributed by atoms with Crippen molar-refractivity contribution in [2.45, 2.75) is 44.4 Å². The molecule has 0 saturated heterocycles. The number of rotatable bonds is 3. The number of fused-ring (bicyclic) bond motifs is 1. The molecule has 0 aromatic heterocycles. The number of ether oxygens (including phenoxy) is 1. The van der Waals surface area contributed by atoms with E-state index in [0.717, 1.165) is 23.5 Å². The largest absolute Gasteiger partial charge is 0.496 e. The Balaban J connectivity index is 1.97. The number of alkyl halides is 1. The minimum atomic E-state index is 0.432. The van der Waals surface area contributed by atoms with Crippen LogP contribution in [0.25, 0.3) is 0 Å². The molecule has 110 valence electrons. The quantitative estimate of drug-likeness (QED) is 0.568. The summed E-state index contributed by atoms with van der Waals surface area (Å²) in [5, 5.41) is 0. The summed E-state index contributed by atoms with van der Waals surface area (Å²) >= 11 is 7.71. The lowest BCUT2D eigenvalue weighted by molar-refractivity contribution is 0.404. The average molecular weight is 402 g/mol. The van der Waals surface area contributed by atoms with E-state index >= 15 is 0 Å². The zero-order chi connectivity index (χ0) is 14.4. The lowest BCUT2D eigenvalue weighted by atomic mass is 9.97. The average Bonchev–Trinajstić information content (AvgIpc) is 3.16. The van der Waals surface area contributed by atoms with Crippen molar-refractivity contribution in [3.05, 3.63) is 27.2 Å². The summed E-state index contributed by atoms with van der Waals surface area (Å²) in [7, 11) is 1.79. The Labute approximate surface area is 138 Å². The van der Waals surface area contributed by atoms with Crippen LogP contribution < -0.4 is 4.74 Å². The van der Waals surface area contributed by atoms with Crippen LogP contribution in [0.2, 0.25) is 0 Å². The van der Waals surface area contributed by atoms with Gasteiger partial charge in [0.05, 0.1) is 7.11 Å². The van der Waals surface area contributed by atoms with Crippen molar-refractivity contribution in [1.29, 1.82) is 0 Å². The molecule has 0 radical (unpaired) electrons. The van der Waals surface area contributed by atoms with Crippen LogP contribution in [0.1, 0.15) is 47.2 Å². The lowest BCUT2D eigenvalue weighted by Gasteiger charge is -2.20. The second-order valence-electron chi connectivity index (χ2n) is 6.34. The van der Waals surface area contributed by atoms with Crippen LogP contribution >= 0.6 is 31.9 Å². The predicted octanol–water partition coefficient (Wildman–Crippen LogP) is 5.95. The van der Waals surface area contributed by atoms with Gasteiger partial charge in [-0.25, -0.2) is 0 Å². The molecule has 2 aliphatic rings. The molecule has 0 aliphatic heterocycles. The second-order valence-corrected chi connectivity index (χ2v) is 8.18. The second kappa shape index (κ2) is 5.64. The van der Waals surface area contributed by atoms with Crippen molar-refractivity contribution in [1.82, 2.24) is 0 Å². The molecule has 3 unspecified atom stereocenters. The summed E-state index contributed by atoms with van der Waals surface area (Å²) in [5.74, 6) is 3.75. The maximum absolute atomic E-state index is 5.71. The Morgan fingerprint density at radius 3 is 2.35 bits per heavy atom. The third-order valence-electron chi connectivity index (χ3n) is 5.25. The zero-order valence-corrected chi connectivity index (χ0v) is 15.6. The Hall–Kier alpha value is -0.0200. The third kappa shape index (κ3) is 2.35. The van der Waals surface area contributed by atoms with Gasteiger partial charge in [0.15, 0.2) is 0 Å². The number of benzene rings is 1. The third-order valence-corrected chi connectivity index (χ3v) is 7.14. The first-order valence-electron chi connectivity index (χ1n) is 7.54. The molecule has 3 atom stereocenters. The normalized spacial score (nSPS) is 29.8. The summed E-state index contributed by atoms with van der Waals surface area (Å²) in [5.41, 5.74) is 3.89. The van der Waals surface area contributed by atoms with Crippen LogP contribution in [0.3, 0.4) is 0 Å². The van der Waals surface area contributed by atoms with Crippen molar-refractivity contribution in [3.63, 3.8) is 0 Å². The van der Waals surface area contributed by atoms with E-state index in [1.54, 1.807) is 7.11 Å². The molecule has 2 saturated carbocycles. The summed E-state index contributed by atoms with van der Waals surface area (Å²) < 4.78 is 6.91. The van der Waals surface area contributed by atoms with Gasteiger partial charge >= 0.3 is 0 Å². The van der Waals surface area contributed by atoms with Gasteiger partial charge in [-0.3, -0.25) is 0 Å². The molecule has 0 spiro atoms. The number of halogens is 2. The number of methoxy groups -OCH3 is 1. The molecule has 1 aromatic carbocycles. The number of hydrogen-bond donors (Lipinski definition) is 0. The van der Waals surface area contributed by atoms with Gasteiger partial charge in [0.25, 0.3) is 0 Å². The molecule has 0 N–H and O–H groups in total. The number of hydrogen-bond acceptors (Lipinski definition) is 1. The highest BCUT2D eigenvalue weighted by molar-refractivity contribution is 9.10. The first-order chi connectivity index (χ1) is 9.56. The molecule has 2 fully saturated rings.